The Morgan fingerprint density at radius 1 is 1.05 bits per heavy atom. The van der Waals surface area contributed by atoms with Gasteiger partial charge in [0.2, 0.25) is 21.8 Å². The fraction of sp³-hybridized carbons (Fsp3) is 0.488. The lowest BCUT2D eigenvalue weighted by atomic mass is 10.0. The molecular formula is C41H46FN5O9S. The number of ether oxygens (including phenoxy) is 2. The molecule has 0 unspecified atom stereocenters. The molecule has 2 saturated carbocycles. The first-order chi connectivity index (χ1) is 27.1. The fourth-order valence-corrected chi connectivity index (χ4v) is 9.27. The van der Waals surface area contributed by atoms with E-state index in [-0.39, 0.29) is 37.0 Å². The number of allylic oxidation sites excluding steroid dienone is 1. The van der Waals surface area contributed by atoms with Crippen molar-refractivity contribution in [1.82, 2.24) is 25.2 Å². The number of furan rings is 1. The zero-order chi connectivity index (χ0) is 40.3. The molecular weight excluding hydrogens is 758 g/mol. The maximum Gasteiger partial charge on any atom is 0.408 e. The molecule has 2 aliphatic heterocycles. The summed E-state index contributed by atoms with van der Waals surface area (Å²) in [6, 6.07) is 9.17. The molecule has 302 valence electrons. The van der Waals surface area contributed by atoms with Gasteiger partial charge in [0.1, 0.15) is 46.2 Å². The SMILES string of the molecule is CC(C)(C)OC(=O)N[C@H]1CCCCC/C=C\[C@H]2C[C@@]2(C(=O)NS(=O)(=O)C2CC2)NC(=O)[C@@H]2C[C@@H](Oc3c4ccccc4nc4c3oc3cc(F)ccc34)CN2C1=O. The molecule has 4 aliphatic rings. The Morgan fingerprint density at radius 3 is 2.61 bits per heavy atom. The summed E-state index contributed by atoms with van der Waals surface area (Å²) in [6.45, 7) is 5.06. The van der Waals surface area contributed by atoms with Crippen LogP contribution in [-0.2, 0) is 29.1 Å². The van der Waals surface area contributed by atoms with Crippen LogP contribution in [0, 0.1) is 11.7 Å². The van der Waals surface area contributed by atoms with Gasteiger partial charge in [0.05, 0.1) is 17.3 Å². The van der Waals surface area contributed by atoms with Crippen LogP contribution in [0.15, 0.2) is 59.0 Å². The van der Waals surface area contributed by atoms with Crippen LogP contribution in [0.4, 0.5) is 9.18 Å². The number of hydrogen-bond donors (Lipinski definition) is 3. The molecule has 8 rings (SSSR count). The number of pyridine rings is 1. The van der Waals surface area contributed by atoms with Crippen molar-refractivity contribution >= 4 is 66.8 Å². The van der Waals surface area contributed by atoms with Crippen molar-refractivity contribution in [3.8, 4) is 5.75 Å². The van der Waals surface area contributed by atoms with Gasteiger partial charge in [-0.25, -0.2) is 22.6 Å². The van der Waals surface area contributed by atoms with Crippen LogP contribution in [0.1, 0.15) is 78.6 Å². The summed E-state index contributed by atoms with van der Waals surface area (Å²) in [5.74, 6) is -2.68. The molecule has 0 spiro atoms. The normalized spacial score (nSPS) is 26.5. The van der Waals surface area contributed by atoms with Gasteiger partial charge in [-0.15, -0.1) is 0 Å². The average molecular weight is 804 g/mol. The molecule has 14 nitrogen and oxygen atoms in total. The van der Waals surface area contributed by atoms with E-state index >= 15 is 0 Å². The quantitative estimate of drug-likeness (QED) is 0.210. The van der Waals surface area contributed by atoms with Gasteiger partial charge in [-0.1, -0.05) is 37.1 Å². The molecule has 1 saturated heterocycles. The van der Waals surface area contributed by atoms with Crippen LogP contribution < -0.4 is 20.1 Å². The lowest BCUT2D eigenvalue weighted by Gasteiger charge is -2.30. The molecule has 57 heavy (non-hydrogen) atoms. The van der Waals surface area contributed by atoms with Crippen LogP contribution >= 0.6 is 0 Å². The molecule has 2 aromatic carbocycles. The molecule has 5 atom stereocenters. The van der Waals surface area contributed by atoms with Gasteiger partial charge >= 0.3 is 6.09 Å². The van der Waals surface area contributed by atoms with E-state index in [0.717, 1.165) is 12.8 Å². The fourth-order valence-electron chi connectivity index (χ4n) is 7.91. The summed E-state index contributed by atoms with van der Waals surface area (Å²) < 4.78 is 60.7. The van der Waals surface area contributed by atoms with Crippen LogP contribution in [-0.4, -0.2) is 83.2 Å². The zero-order valence-corrected chi connectivity index (χ0v) is 32.8. The number of halogens is 1. The molecule has 0 bridgehead atoms. The molecule has 16 heteroatoms. The van der Waals surface area contributed by atoms with Gasteiger partial charge in [-0.3, -0.25) is 19.1 Å². The van der Waals surface area contributed by atoms with Crippen molar-refractivity contribution in [2.24, 2.45) is 5.92 Å². The molecule has 0 radical (unpaired) electrons. The molecule has 4 heterocycles. The molecule has 4 amide bonds. The molecule has 2 aliphatic carbocycles. The number of alkyl carbamates (subject to hydrolysis) is 1. The Kier molecular flexibility index (Phi) is 9.89. The summed E-state index contributed by atoms with van der Waals surface area (Å²) in [6.07, 6.45) is 6.29. The first-order valence-electron chi connectivity index (χ1n) is 19.5. The molecule has 3 fully saturated rings. The van der Waals surface area contributed by atoms with Gasteiger partial charge in [0, 0.05) is 29.2 Å². The number of hydrogen-bond acceptors (Lipinski definition) is 10. The van der Waals surface area contributed by atoms with Crippen molar-refractivity contribution in [2.45, 2.75) is 113 Å². The maximum atomic E-state index is 14.6. The lowest BCUT2D eigenvalue weighted by molar-refractivity contribution is -0.141. The molecule has 4 aromatic rings. The Bertz CT molecular complexity index is 2420. The second-order valence-corrected chi connectivity index (χ2v) is 18.5. The minimum atomic E-state index is -3.93. The topological polar surface area (TPSA) is 186 Å². The smallest absolute Gasteiger partial charge is 0.408 e. The summed E-state index contributed by atoms with van der Waals surface area (Å²) >= 11 is 0. The second-order valence-electron chi connectivity index (χ2n) is 16.6. The Hall–Kier alpha value is -5.25. The number of amides is 4. The van der Waals surface area contributed by atoms with Gasteiger partial charge in [0.15, 0.2) is 11.3 Å². The van der Waals surface area contributed by atoms with Gasteiger partial charge in [-0.2, -0.15) is 0 Å². The van der Waals surface area contributed by atoms with E-state index in [1.165, 1.54) is 17.0 Å². The predicted octanol–water partition coefficient (Wildman–Crippen LogP) is 5.52. The third-order valence-electron chi connectivity index (χ3n) is 11.0. The van der Waals surface area contributed by atoms with E-state index < -0.39 is 80.2 Å². The number of nitrogens with zero attached hydrogens (tertiary/aromatic N) is 2. The number of carbonyl (C=O) groups excluding carboxylic acids is 4. The number of benzene rings is 2. The monoisotopic (exact) mass is 803 g/mol. The molecule has 3 N–H and O–H groups in total. The number of aromatic nitrogens is 1. The Morgan fingerprint density at radius 2 is 1.84 bits per heavy atom. The van der Waals surface area contributed by atoms with Gasteiger partial charge < -0.3 is 29.4 Å². The van der Waals surface area contributed by atoms with Crippen LogP contribution in [0.2, 0.25) is 0 Å². The highest BCUT2D eigenvalue weighted by Crippen LogP contribution is 2.46. The summed E-state index contributed by atoms with van der Waals surface area (Å²) in [4.78, 5) is 62.2. The summed E-state index contributed by atoms with van der Waals surface area (Å²) in [7, 11) is -3.93. The van der Waals surface area contributed by atoms with Gasteiger partial charge in [-0.05, 0) is 83.6 Å². The number of sulfonamides is 1. The van der Waals surface area contributed by atoms with E-state index in [4.69, 9.17) is 18.9 Å². The number of fused-ring (bicyclic) bond motifs is 6. The Balaban J connectivity index is 1.15. The highest BCUT2D eigenvalue weighted by atomic mass is 32.2. The van der Waals surface area contributed by atoms with Crippen molar-refractivity contribution in [1.29, 1.82) is 0 Å². The average Bonchev–Trinajstić information content (AvgIpc) is 4.04. The lowest BCUT2D eigenvalue weighted by Crippen LogP contribution is -2.58. The first-order valence-corrected chi connectivity index (χ1v) is 21.1. The van der Waals surface area contributed by atoms with E-state index in [1.54, 1.807) is 39.0 Å². The van der Waals surface area contributed by atoms with Crippen LogP contribution in [0.5, 0.6) is 5.75 Å². The predicted molar refractivity (Wildman–Crippen MR) is 208 cm³/mol. The number of nitrogens with one attached hydrogen (secondary N) is 3. The Labute approximate surface area is 328 Å². The minimum Gasteiger partial charge on any atom is -0.484 e. The zero-order valence-electron chi connectivity index (χ0n) is 32.0. The van der Waals surface area contributed by atoms with Crippen LogP contribution in [0.25, 0.3) is 33.0 Å². The minimum absolute atomic E-state index is 0.0255. The van der Waals surface area contributed by atoms with Crippen LogP contribution in [0.3, 0.4) is 0 Å². The first kappa shape index (κ1) is 38.6. The number of carbonyl (C=O) groups is 4. The van der Waals surface area contributed by atoms with Crippen molar-refractivity contribution in [2.75, 3.05) is 6.54 Å². The van der Waals surface area contributed by atoms with Crippen molar-refractivity contribution < 1.29 is 45.9 Å². The number of para-hydroxylation sites is 1. The number of rotatable bonds is 6. The second kappa shape index (κ2) is 14.6. The summed E-state index contributed by atoms with van der Waals surface area (Å²) in [5, 5.41) is 6.13. The van der Waals surface area contributed by atoms with Crippen molar-refractivity contribution in [3.05, 3.63) is 60.4 Å². The van der Waals surface area contributed by atoms with E-state index in [0.29, 0.717) is 53.2 Å². The third-order valence-corrected chi connectivity index (χ3v) is 12.9. The van der Waals surface area contributed by atoms with Crippen molar-refractivity contribution in [3.63, 3.8) is 0 Å². The van der Waals surface area contributed by atoms with Gasteiger partial charge in [0.25, 0.3) is 5.91 Å². The largest absolute Gasteiger partial charge is 0.484 e. The highest BCUT2D eigenvalue weighted by Gasteiger charge is 2.62. The van der Waals surface area contributed by atoms with E-state index in [9.17, 15) is 32.0 Å². The standard InChI is InChI=1S/C41H46FN5O9S/c1-40(2,3)56-39(51)44-30-14-8-6-4-5-7-11-23-21-41(23,38(50)46-57(52,53)26-16-17-26)45-36(48)31-20-25(22-47(31)37(30)49)54-34-27-12-9-10-13-29(27)43-33-28-18-15-24(42)19-32(28)55-35(33)34/h7,9-13,15,18-19,23,25-26,30-31H,4-6,8,14,16-17,20-22H2,1-3H3,(H,44,51)(H,45,48)(H,46,50)/b11-7-/t23-,25+,30-,31-,41+/m0/s1. The molecule has 2 aromatic heterocycles. The van der Waals surface area contributed by atoms with E-state index in [1.807, 2.05) is 24.3 Å². The summed E-state index contributed by atoms with van der Waals surface area (Å²) in [5.41, 5.74) is -0.824. The maximum absolute atomic E-state index is 14.6. The van der Waals surface area contributed by atoms with E-state index in [2.05, 4.69) is 15.4 Å². The third kappa shape index (κ3) is 7.88. The highest BCUT2D eigenvalue weighted by molar-refractivity contribution is 7.91.